The number of aryl methyl sites for hydroxylation is 1. The number of carbonyl (C=O) groups excluding carboxylic acids is 5. The fourth-order valence-electron chi connectivity index (χ4n) is 5.52. The molecule has 5 amide bonds. The molecule has 0 radical (unpaired) electrons. The monoisotopic (exact) mass is 719 g/mol. The number of amides is 5. The minimum Gasteiger partial charge on any atom is -0.481 e. The Balaban J connectivity index is 0.0000250. The van der Waals surface area contributed by atoms with Crippen LogP contribution in [0.4, 0.5) is 0 Å². The summed E-state index contributed by atoms with van der Waals surface area (Å²) in [6.07, 6.45) is 0.632. The number of carboxylic acids is 1. The molecule has 1 rings (SSSR count). The average Bonchev–Trinajstić information content (AvgIpc) is 3.04. The van der Waals surface area contributed by atoms with E-state index < -0.39 is 59.9 Å². The van der Waals surface area contributed by atoms with Crippen LogP contribution in [0.15, 0.2) is 30.3 Å². The molecule has 290 valence electrons. The molecule has 0 spiro atoms. The molecule has 51 heavy (non-hydrogen) atoms. The maximum absolute atomic E-state index is 13.9. The van der Waals surface area contributed by atoms with Gasteiger partial charge in [-0.25, -0.2) is 0 Å². The van der Waals surface area contributed by atoms with Crippen molar-refractivity contribution in [2.75, 3.05) is 6.54 Å². The number of aliphatic hydroxyl groups excluding tert-OH is 1. The van der Waals surface area contributed by atoms with Crippen molar-refractivity contribution >= 4 is 35.5 Å². The minimum absolute atomic E-state index is 0. The van der Waals surface area contributed by atoms with Crippen molar-refractivity contribution in [1.29, 1.82) is 0 Å². The molecule has 0 aromatic heterocycles. The summed E-state index contributed by atoms with van der Waals surface area (Å²) in [5, 5.41) is 34.0. The molecule has 13 nitrogen and oxygen atoms in total. The quantitative estimate of drug-likeness (QED) is 0.0841. The Morgan fingerprint density at radius 3 is 1.92 bits per heavy atom. The SMILES string of the molecule is C.CCNC(=O)[C@@H](NC(=O)C[C@H](O)[C@H](CC(C)C)NC(=O)[C@H](CCCc1ccccc1)NC(=O)[C@@H](NC(=O)CCCC(=O)O)[C@@H](C)CC)C(C)C. The molecule has 13 heteroatoms. The van der Waals surface area contributed by atoms with Crippen LogP contribution in [-0.4, -0.2) is 82.5 Å². The van der Waals surface area contributed by atoms with E-state index >= 15 is 0 Å². The van der Waals surface area contributed by atoms with E-state index in [9.17, 15) is 33.9 Å². The molecule has 1 aromatic rings. The van der Waals surface area contributed by atoms with E-state index in [0.717, 1.165) is 5.56 Å². The summed E-state index contributed by atoms with van der Waals surface area (Å²) in [7, 11) is 0. The van der Waals surface area contributed by atoms with Crippen molar-refractivity contribution in [2.45, 2.75) is 144 Å². The minimum atomic E-state index is -1.28. The predicted molar refractivity (Wildman–Crippen MR) is 198 cm³/mol. The van der Waals surface area contributed by atoms with Gasteiger partial charge in [0.2, 0.25) is 29.5 Å². The second-order valence-corrected chi connectivity index (χ2v) is 13.8. The van der Waals surface area contributed by atoms with Crippen LogP contribution in [0.2, 0.25) is 0 Å². The molecule has 6 atom stereocenters. The highest BCUT2D eigenvalue weighted by atomic mass is 16.4. The summed E-state index contributed by atoms with van der Waals surface area (Å²) in [6.45, 7) is 13.3. The number of nitrogens with one attached hydrogen (secondary N) is 5. The van der Waals surface area contributed by atoms with E-state index in [-0.39, 0.29) is 63.2 Å². The Hall–Kier alpha value is -4.00. The number of hydrogen-bond donors (Lipinski definition) is 7. The molecule has 0 aliphatic carbocycles. The van der Waals surface area contributed by atoms with Crippen molar-refractivity contribution in [2.24, 2.45) is 17.8 Å². The molecule has 0 aliphatic heterocycles. The van der Waals surface area contributed by atoms with Crippen LogP contribution in [-0.2, 0) is 35.2 Å². The number of carboxylic acid groups (broad SMARTS) is 1. The highest BCUT2D eigenvalue weighted by Gasteiger charge is 2.33. The molecule has 0 unspecified atom stereocenters. The second-order valence-electron chi connectivity index (χ2n) is 13.8. The van der Waals surface area contributed by atoms with Gasteiger partial charge < -0.3 is 36.8 Å². The molecule has 0 saturated heterocycles. The largest absolute Gasteiger partial charge is 0.481 e. The highest BCUT2D eigenvalue weighted by molar-refractivity contribution is 5.92. The Morgan fingerprint density at radius 2 is 1.37 bits per heavy atom. The first-order valence-electron chi connectivity index (χ1n) is 18.0. The van der Waals surface area contributed by atoms with E-state index in [1.165, 1.54) is 0 Å². The lowest BCUT2D eigenvalue weighted by Gasteiger charge is -2.30. The van der Waals surface area contributed by atoms with Crippen molar-refractivity contribution in [1.82, 2.24) is 26.6 Å². The normalized spacial score (nSPS) is 14.5. The molecule has 7 N–H and O–H groups in total. The molecule has 0 heterocycles. The van der Waals surface area contributed by atoms with Gasteiger partial charge in [0.25, 0.3) is 0 Å². The van der Waals surface area contributed by atoms with Crippen LogP contribution in [0.25, 0.3) is 0 Å². The predicted octanol–water partition coefficient (Wildman–Crippen LogP) is 3.47. The topological polar surface area (TPSA) is 203 Å². The zero-order chi connectivity index (χ0) is 37.8. The highest BCUT2D eigenvalue weighted by Crippen LogP contribution is 2.15. The number of rotatable bonds is 24. The van der Waals surface area contributed by atoms with E-state index in [4.69, 9.17) is 5.11 Å². The smallest absolute Gasteiger partial charge is 0.303 e. The van der Waals surface area contributed by atoms with Gasteiger partial charge in [-0.3, -0.25) is 28.8 Å². The van der Waals surface area contributed by atoms with Crippen LogP contribution < -0.4 is 26.6 Å². The Labute approximate surface area is 304 Å². The fourth-order valence-corrected chi connectivity index (χ4v) is 5.52. The fraction of sp³-hybridized carbons (Fsp3) is 0.684. The summed E-state index contributed by atoms with van der Waals surface area (Å²) in [5.41, 5.74) is 1.07. The van der Waals surface area contributed by atoms with Gasteiger partial charge in [-0.2, -0.15) is 0 Å². The summed E-state index contributed by atoms with van der Waals surface area (Å²) in [4.78, 5) is 76.6. The summed E-state index contributed by atoms with van der Waals surface area (Å²) >= 11 is 0. The van der Waals surface area contributed by atoms with Gasteiger partial charge in [-0.15, -0.1) is 0 Å². The molecule has 0 fully saturated rings. The number of carbonyl (C=O) groups is 6. The number of likely N-dealkylation sites (N-methyl/N-ethyl adjacent to an activating group) is 1. The summed E-state index contributed by atoms with van der Waals surface area (Å²) in [5.74, 6) is -3.84. The van der Waals surface area contributed by atoms with Crippen LogP contribution in [0.1, 0.15) is 113 Å². The summed E-state index contributed by atoms with van der Waals surface area (Å²) in [6, 6.07) is 6.12. The van der Waals surface area contributed by atoms with E-state index in [0.29, 0.717) is 32.2 Å². The Morgan fingerprint density at radius 1 is 0.745 bits per heavy atom. The number of benzene rings is 1. The summed E-state index contributed by atoms with van der Waals surface area (Å²) < 4.78 is 0. The third-order valence-electron chi connectivity index (χ3n) is 8.57. The zero-order valence-corrected chi connectivity index (χ0v) is 30.9. The van der Waals surface area contributed by atoms with Gasteiger partial charge in [0, 0.05) is 19.4 Å². The Kier molecular flexibility index (Phi) is 23.1. The van der Waals surface area contributed by atoms with Crippen LogP contribution in [0.5, 0.6) is 0 Å². The van der Waals surface area contributed by atoms with Crippen molar-refractivity contribution in [3.05, 3.63) is 35.9 Å². The lowest BCUT2D eigenvalue weighted by Crippen LogP contribution is -2.58. The number of hydrogen-bond acceptors (Lipinski definition) is 7. The first kappa shape index (κ1) is 47.0. The molecular weight excluding hydrogens is 654 g/mol. The standard InChI is InChI=1S/C37H61N5O8.CH4/c1-8-25(7)34(41-30(44)19-14-20-32(46)47)37(50)39-27(18-13-17-26-15-11-10-12-16-26)35(48)40-28(21-23(3)4)29(43)22-31(45)42-33(24(5)6)36(49)38-9-2;/h10-12,15-16,23-25,27-29,33-34,43H,8-9,13-14,17-22H2,1-7H3,(H,38,49)(H,39,50)(H,40,48)(H,41,44)(H,42,45)(H,46,47);1H4/t25-,27-,28-,29-,33-,34-;/m0./s1. The van der Waals surface area contributed by atoms with Crippen molar-refractivity contribution in [3.63, 3.8) is 0 Å². The van der Waals surface area contributed by atoms with Gasteiger partial charge in [0.1, 0.15) is 18.1 Å². The second kappa shape index (κ2) is 25.0. The van der Waals surface area contributed by atoms with Crippen LogP contribution in [0.3, 0.4) is 0 Å². The van der Waals surface area contributed by atoms with Crippen molar-refractivity contribution < 1.29 is 39.0 Å². The van der Waals surface area contributed by atoms with Gasteiger partial charge in [0.05, 0.1) is 18.6 Å². The lowest BCUT2D eigenvalue weighted by molar-refractivity contribution is -0.137. The molecule has 0 aliphatic rings. The lowest BCUT2D eigenvalue weighted by atomic mass is 9.95. The van der Waals surface area contributed by atoms with E-state index in [1.807, 2.05) is 58.0 Å². The average molecular weight is 720 g/mol. The maximum Gasteiger partial charge on any atom is 0.303 e. The third kappa shape index (κ3) is 18.7. The van der Waals surface area contributed by atoms with E-state index in [2.05, 4.69) is 26.6 Å². The maximum atomic E-state index is 13.9. The first-order chi connectivity index (χ1) is 23.6. The number of aliphatic carboxylic acids is 1. The molecule has 1 aromatic carbocycles. The first-order valence-corrected chi connectivity index (χ1v) is 18.0. The van der Waals surface area contributed by atoms with Crippen LogP contribution >= 0.6 is 0 Å². The Bertz CT molecular complexity index is 1230. The number of aliphatic hydroxyl groups is 1. The van der Waals surface area contributed by atoms with Gasteiger partial charge in [-0.1, -0.05) is 85.7 Å². The van der Waals surface area contributed by atoms with Gasteiger partial charge in [-0.05, 0) is 62.3 Å². The van der Waals surface area contributed by atoms with Gasteiger partial charge >= 0.3 is 5.97 Å². The zero-order valence-electron chi connectivity index (χ0n) is 30.9. The third-order valence-corrected chi connectivity index (χ3v) is 8.57. The van der Waals surface area contributed by atoms with Crippen molar-refractivity contribution in [3.8, 4) is 0 Å². The van der Waals surface area contributed by atoms with Crippen LogP contribution in [0, 0.1) is 17.8 Å². The van der Waals surface area contributed by atoms with Gasteiger partial charge in [0.15, 0.2) is 0 Å². The van der Waals surface area contributed by atoms with E-state index in [1.54, 1.807) is 20.8 Å². The molecule has 0 saturated carbocycles. The molecule has 0 bridgehead atoms. The molecular formula is C38H65N5O8.